The fourth-order valence-electron chi connectivity index (χ4n) is 3.68. The van der Waals surface area contributed by atoms with Gasteiger partial charge in [-0.05, 0) is 12.1 Å². The van der Waals surface area contributed by atoms with Gasteiger partial charge in [-0.1, -0.05) is 31.8 Å². The number of anilines is 1. The van der Waals surface area contributed by atoms with Crippen LogP contribution >= 0.6 is 0 Å². The van der Waals surface area contributed by atoms with E-state index in [-0.39, 0.29) is 11.7 Å². The summed E-state index contributed by atoms with van der Waals surface area (Å²) in [5, 5.41) is 10.7. The number of aliphatic hydroxyl groups is 1. The molecule has 0 aliphatic carbocycles. The lowest BCUT2D eigenvalue weighted by Crippen LogP contribution is -2.44. The molecule has 25 heavy (non-hydrogen) atoms. The molecule has 0 radical (unpaired) electrons. The normalized spacial score (nSPS) is 19.2. The summed E-state index contributed by atoms with van der Waals surface area (Å²) in [6.07, 6.45) is 1.75. The topological polar surface area (TPSA) is 58.4 Å². The summed E-state index contributed by atoms with van der Waals surface area (Å²) in [5.41, 5.74) is 1.71. The van der Waals surface area contributed by atoms with E-state index in [2.05, 4.69) is 21.3 Å². The van der Waals surface area contributed by atoms with Crippen LogP contribution in [0.15, 0.2) is 18.2 Å². The maximum absolute atomic E-state index is 12.2. The molecule has 5 nitrogen and oxygen atoms in total. The van der Waals surface area contributed by atoms with Crippen LogP contribution in [0.4, 0.5) is 5.95 Å². The second kappa shape index (κ2) is 5.89. The lowest BCUT2D eigenvalue weighted by molar-refractivity contribution is 0.0740. The predicted octanol–water partition coefficient (Wildman–Crippen LogP) is 2.61. The number of carbonyl (C=O) groups is 1. The van der Waals surface area contributed by atoms with Gasteiger partial charge in [0.25, 0.3) is 0 Å². The maximum atomic E-state index is 12.2. The number of nitrogens with zero attached hydrogens (tertiary/aromatic N) is 3. The standard InChI is InChI=1S/C20H23N3O2/c1-14(2)6-8-20(25)9-12-22(13-10-20)19-21-16-5-3-4-15-17(24)7-11-23(19)18(15)16/h3-5,14,25H,7,9-13H2,1-2H3. The molecule has 0 bridgehead atoms. The van der Waals surface area contributed by atoms with E-state index < -0.39 is 5.60 Å². The van der Waals surface area contributed by atoms with Crippen molar-refractivity contribution in [3.8, 4) is 11.8 Å². The van der Waals surface area contributed by atoms with Gasteiger partial charge >= 0.3 is 0 Å². The van der Waals surface area contributed by atoms with E-state index in [4.69, 9.17) is 4.98 Å². The molecule has 1 N–H and O–H groups in total. The number of ketones is 1. The average Bonchev–Trinajstić information content (AvgIpc) is 2.97. The Balaban J connectivity index is 1.63. The molecule has 1 saturated heterocycles. The van der Waals surface area contributed by atoms with Crippen molar-refractivity contribution in [1.29, 1.82) is 0 Å². The number of aryl methyl sites for hydroxylation is 1. The minimum atomic E-state index is -0.893. The largest absolute Gasteiger partial charge is 0.377 e. The molecule has 5 heteroatoms. The molecule has 0 unspecified atom stereocenters. The van der Waals surface area contributed by atoms with Crippen LogP contribution in [0.1, 0.15) is 43.5 Å². The number of carbonyl (C=O) groups excluding carboxylic acids is 1. The first kappa shape index (κ1) is 16.2. The Bertz CT molecular complexity index is 893. The van der Waals surface area contributed by atoms with Gasteiger partial charge in [0.1, 0.15) is 5.60 Å². The molecule has 0 spiro atoms. The van der Waals surface area contributed by atoms with Crippen molar-refractivity contribution in [1.82, 2.24) is 9.55 Å². The number of hydrogen-bond acceptors (Lipinski definition) is 4. The molecule has 0 atom stereocenters. The highest BCUT2D eigenvalue weighted by atomic mass is 16.3. The minimum absolute atomic E-state index is 0.196. The van der Waals surface area contributed by atoms with Crippen LogP contribution < -0.4 is 4.90 Å². The lowest BCUT2D eigenvalue weighted by Gasteiger charge is -2.36. The summed E-state index contributed by atoms with van der Waals surface area (Å²) in [5.74, 6) is 7.53. The zero-order chi connectivity index (χ0) is 17.6. The zero-order valence-corrected chi connectivity index (χ0v) is 14.7. The predicted molar refractivity (Wildman–Crippen MR) is 97.7 cm³/mol. The van der Waals surface area contributed by atoms with Crippen LogP contribution in [-0.4, -0.2) is 39.1 Å². The van der Waals surface area contributed by atoms with Gasteiger partial charge < -0.3 is 14.6 Å². The quantitative estimate of drug-likeness (QED) is 0.813. The van der Waals surface area contributed by atoms with E-state index in [0.29, 0.717) is 25.8 Å². The van der Waals surface area contributed by atoms with Crippen molar-refractivity contribution in [3.63, 3.8) is 0 Å². The third-order valence-electron chi connectivity index (χ3n) is 5.08. The van der Waals surface area contributed by atoms with Gasteiger partial charge in [0.15, 0.2) is 5.78 Å². The highest BCUT2D eigenvalue weighted by Gasteiger charge is 2.33. The first-order valence-corrected chi connectivity index (χ1v) is 8.99. The number of imidazole rings is 1. The van der Waals surface area contributed by atoms with Crippen molar-refractivity contribution in [2.24, 2.45) is 5.92 Å². The van der Waals surface area contributed by atoms with Crippen LogP contribution in [0, 0.1) is 17.8 Å². The van der Waals surface area contributed by atoms with Crippen LogP contribution in [0.3, 0.4) is 0 Å². The molecule has 1 aromatic carbocycles. The van der Waals surface area contributed by atoms with Gasteiger partial charge in [0.05, 0.1) is 11.0 Å². The Morgan fingerprint density at radius 3 is 2.72 bits per heavy atom. The number of piperidine rings is 1. The Kier molecular flexibility index (Phi) is 3.81. The molecular formula is C20H23N3O2. The Morgan fingerprint density at radius 1 is 1.24 bits per heavy atom. The van der Waals surface area contributed by atoms with Gasteiger partial charge in [0.2, 0.25) is 5.95 Å². The van der Waals surface area contributed by atoms with Gasteiger partial charge in [-0.3, -0.25) is 4.79 Å². The number of hydrogen-bond donors (Lipinski definition) is 1. The summed E-state index contributed by atoms with van der Waals surface area (Å²) in [7, 11) is 0. The Labute approximate surface area is 147 Å². The van der Waals surface area contributed by atoms with Crippen molar-refractivity contribution in [3.05, 3.63) is 23.8 Å². The maximum Gasteiger partial charge on any atom is 0.206 e. The van der Waals surface area contributed by atoms with E-state index in [9.17, 15) is 9.90 Å². The van der Waals surface area contributed by atoms with E-state index in [1.165, 1.54) is 0 Å². The molecule has 3 heterocycles. The second-order valence-electron chi connectivity index (χ2n) is 7.35. The third-order valence-corrected chi connectivity index (χ3v) is 5.08. The molecule has 1 aromatic heterocycles. The number of aromatic nitrogens is 2. The second-order valence-corrected chi connectivity index (χ2v) is 7.35. The minimum Gasteiger partial charge on any atom is -0.377 e. The Hall–Kier alpha value is -2.32. The first-order chi connectivity index (χ1) is 12.0. The number of Topliss-reactive ketones (excluding diaryl/α,β-unsaturated/α-hetero) is 1. The number of benzene rings is 1. The van der Waals surface area contributed by atoms with Crippen molar-refractivity contribution >= 4 is 22.8 Å². The van der Waals surface area contributed by atoms with E-state index in [1.54, 1.807) is 0 Å². The number of rotatable bonds is 1. The van der Waals surface area contributed by atoms with Crippen LogP contribution in [0.25, 0.3) is 11.0 Å². The third kappa shape index (κ3) is 2.81. The summed E-state index contributed by atoms with van der Waals surface area (Å²) >= 11 is 0. The fourth-order valence-corrected chi connectivity index (χ4v) is 3.68. The SMILES string of the molecule is CC(C)C#CC1(O)CCN(c2nc3cccc4c3n2CCC4=O)CC1. The van der Waals surface area contributed by atoms with Crippen LogP contribution in [0.2, 0.25) is 0 Å². The summed E-state index contributed by atoms with van der Waals surface area (Å²) < 4.78 is 2.16. The molecule has 2 aromatic rings. The summed E-state index contributed by atoms with van der Waals surface area (Å²) in [4.78, 5) is 19.2. The summed E-state index contributed by atoms with van der Waals surface area (Å²) in [6.45, 7) is 6.18. The van der Waals surface area contributed by atoms with E-state index in [1.807, 2.05) is 32.0 Å². The molecule has 2 aliphatic rings. The smallest absolute Gasteiger partial charge is 0.206 e. The lowest BCUT2D eigenvalue weighted by atomic mass is 9.91. The molecule has 2 aliphatic heterocycles. The fraction of sp³-hybridized carbons (Fsp3) is 0.500. The van der Waals surface area contributed by atoms with Crippen LogP contribution in [0.5, 0.6) is 0 Å². The molecular weight excluding hydrogens is 314 g/mol. The summed E-state index contributed by atoms with van der Waals surface area (Å²) in [6, 6.07) is 5.76. The van der Waals surface area contributed by atoms with Crippen LogP contribution in [-0.2, 0) is 6.54 Å². The number of para-hydroxylation sites is 1. The monoisotopic (exact) mass is 337 g/mol. The van der Waals surface area contributed by atoms with E-state index in [0.717, 1.165) is 35.6 Å². The first-order valence-electron chi connectivity index (χ1n) is 8.99. The highest BCUT2D eigenvalue weighted by molar-refractivity contribution is 6.08. The van der Waals surface area contributed by atoms with Gasteiger partial charge in [-0.25, -0.2) is 4.98 Å². The molecule has 1 fully saturated rings. The van der Waals surface area contributed by atoms with Gasteiger partial charge in [0, 0.05) is 50.4 Å². The van der Waals surface area contributed by atoms with Crippen molar-refractivity contribution < 1.29 is 9.90 Å². The van der Waals surface area contributed by atoms with Gasteiger partial charge in [-0.15, -0.1) is 0 Å². The molecule has 0 amide bonds. The Morgan fingerprint density at radius 2 is 2.00 bits per heavy atom. The van der Waals surface area contributed by atoms with Gasteiger partial charge in [-0.2, -0.15) is 0 Å². The highest BCUT2D eigenvalue weighted by Crippen LogP contribution is 2.32. The molecule has 4 rings (SSSR count). The van der Waals surface area contributed by atoms with Crippen molar-refractivity contribution in [2.45, 2.75) is 45.3 Å². The molecule has 130 valence electrons. The van der Waals surface area contributed by atoms with Crippen molar-refractivity contribution in [2.75, 3.05) is 18.0 Å². The zero-order valence-electron chi connectivity index (χ0n) is 14.7. The average molecular weight is 337 g/mol. The molecule has 0 saturated carbocycles. The van der Waals surface area contributed by atoms with E-state index >= 15 is 0 Å².